The van der Waals surface area contributed by atoms with Crippen molar-refractivity contribution in [2.75, 3.05) is 32.8 Å². The molecule has 0 aliphatic heterocycles. The van der Waals surface area contributed by atoms with Gasteiger partial charge in [0.2, 0.25) is 0 Å². The van der Waals surface area contributed by atoms with Crippen LogP contribution >= 0.6 is 0 Å². The highest BCUT2D eigenvalue weighted by Gasteiger charge is 2.19. The molecule has 0 radical (unpaired) electrons. The minimum absolute atomic E-state index is 0. The third-order valence-corrected chi connectivity index (χ3v) is 3.20. The van der Waals surface area contributed by atoms with Crippen LogP contribution < -0.4 is 12.4 Å². The van der Waals surface area contributed by atoms with Gasteiger partial charge in [-0.15, -0.1) is 0 Å². The van der Waals surface area contributed by atoms with Gasteiger partial charge in [0, 0.05) is 12.5 Å². The van der Waals surface area contributed by atoms with Gasteiger partial charge in [-0.3, -0.25) is 0 Å². The Morgan fingerprint density at radius 1 is 1.25 bits per heavy atom. The van der Waals surface area contributed by atoms with Crippen LogP contribution in [-0.4, -0.2) is 43.2 Å². The number of quaternary nitrogens is 1. The zero-order valence-corrected chi connectivity index (χ0v) is 11.4. The first-order valence-electron chi connectivity index (χ1n) is 5.78. The first kappa shape index (κ1) is 17.8. The van der Waals surface area contributed by atoms with Crippen molar-refractivity contribution in [2.45, 2.75) is 27.2 Å². The maximum atomic E-state index is 10.8. The highest BCUT2D eigenvalue weighted by molar-refractivity contribution is 5.81. The Hall–Kier alpha value is -0.540. The quantitative estimate of drug-likeness (QED) is 0.238. The van der Waals surface area contributed by atoms with E-state index in [1.165, 1.54) is 6.08 Å². The summed E-state index contributed by atoms with van der Waals surface area (Å²) in [6, 6.07) is 0. The van der Waals surface area contributed by atoms with E-state index in [1.54, 1.807) is 0 Å². The summed E-state index contributed by atoms with van der Waals surface area (Å²) >= 11 is 0. The van der Waals surface area contributed by atoms with Gasteiger partial charge in [0.05, 0.1) is 32.8 Å². The fraction of sp³-hybridized carbons (Fsp3) is 0.750. The predicted octanol–water partition coefficient (Wildman–Crippen LogP) is -1.01. The zero-order valence-electron chi connectivity index (χ0n) is 10.7. The van der Waals surface area contributed by atoms with Crippen LogP contribution in [0.1, 0.15) is 27.2 Å². The van der Waals surface area contributed by atoms with E-state index in [0.29, 0.717) is 6.61 Å². The second kappa shape index (κ2) is 9.67. The molecule has 0 rings (SSSR count). The molecule has 0 saturated heterocycles. The van der Waals surface area contributed by atoms with Gasteiger partial charge in [-0.25, -0.2) is 4.79 Å². The lowest BCUT2D eigenvalue weighted by Gasteiger charge is -2.35. The van der Waals surface area contributed by atoms with E-state index in [4.69, 9.17) is 4.74 Å². The van der Waals surface area contributed by atoms with Gasteiger partial charge in [0.15, 0.2) is 0 Å². The van der Waals surface area contributed by atoms with E-state index in [2.05, 4.69) is 27.4 Å². The number of hydrogen-bond donors (Lipinski definition) is 0. The van der Waals surface area contributed by atoms with E-state index < -0.39 is 0 Å². The molecule has 0 aromatic rings. The van der Waals surface area contributed by atoms with Crippen LogP contribution in [0.25, 0.3) is 0 Å². The van der Waals surface area contributed by atoms with Crippen molar-refractivity contribution < 1.29 is 26.4 Å². The molecule has 96 valence electrons. The normalized spacial score (nSPS) is 10.4. The summed E-state index contributed by atoms with van der Waals surface area (Å²) in [4.78, 5) is 10.8. The number of carbonyl (C=O) groups is 1. The molecule has 0 fully saturated rings. The van der Waals surface area contributed by atoms with Crippen LogP contribution in [-0.2, 0) is 9.53 Å². The smallest absolute Gasteiger partial charge is 0.330 e. The second-order valence-electron chi connectivity index (χ2n) is 3.74. The average molecular weight is 250 g/mol. The molecule has 3 nitrogen and oxygen atoms in total. The standard InChI is InChI=1S/C12H24NO2.ClH/c1-5-12(14)15-11-9-10-13(6-2,7-3)8-4;/h5H,1,6-11H2,2-4H3;1H/q+1;/p-1. The Morgan fingerprint density at radius 2 is 1.75 bits per heavy atom. The van der Waals surface area contributed by atoms with Gasteiger partial charge in [-0.1, -0.05) is 6.58 Å². The van der Waals surface area contributed by atoms with Crippen LogP contribution in [0.15, 0.2) is 12.7 Å². The first-order chi connectivity index (χ1) is 7.14. The molecular weight excluding hydrogens is 226 g/mol. The number of hydrogen-bond acceptors (Lipinski definition) is 2. The summed E-state index contributed by atoms with van der Waals surface area (Å²) in [6.45, 7) is 15.0. The molecule has 0 N–H and O–H groups in total. The number of rotatable bonds is 8. The van der Waals surface area contributed by atoms with E-state index in [1.807, 2.05) is 0 Å². The molecule has 0 aliphatic rings. The molecule has 0 saturated carbocycles. The van der Waals surface area contributed by atoms with Crippen LogP contribution in [0, 0.1) is 0 Å². The molecule has 0 amide bonds. The van der Waals surface area contributed by atoms with Gasteiger partial charge in [-0.2, -0.15) is 0 Å². The molecular formula is C12H24ClNO2. The maximum Gasteiger partial charge on any atom is 0.330 e. The number of esters is 1. The Morgan fingerprint density at radius 3 is 2.12 bits per heavy atom. The lowest BCUT2D eigenvalue weighted by molar-refractivity contribution is -0.923. The van der Waals surface area contributed by atoms with Crippen LogP contribution in [0.2, 0.25) is 0 Å². The number of nitrogens with zero attached hydrogens (tertiary/aromatic N) is 1. The molecule has 0 aromatic heterocycles. The summed E-state index contributed by atoms with van der Waals surface area (Å²) in [5, 5.41) is 0. The third-order valence-electron chi connectivity index (χ3n) is 3.20. The van der Waals surface area contributed by atoms with Gasteiger partial charge in [0.25, 0.3) is 0 Å². The van der Waals surface area contributed by atoms with Crippen molar-refractivity contribution in [1.82, 2.24) is 0 Å². The third kappa shape index (κ3) is 6.13. The average Bonchev–Trinajstić information content (AvgIpc) is 2.30. The van der Waals surface area contributed by atoms with E-state index >= 15 is 0 Å². The highest BCUT2D eigenvalue weighted by Crippen LogP contribution is 2.07. The maximum absolute atomic E-state index is 10.8. The molecule has 0 aliphatic carbocycles. The van der Waals surface area contributed by atoms with Crippen molar-refractivity contribution in [2.24, 2.45) is 0 Å². The van der Waals surface area contributed by atoms with Crippen molar-refractivity contribution in [3.8, 4) is 0 Å². The number of ether oxygens (including phenoxy) is 1. The molecule has 0 bridgehead atoms. The fourth-order valence-corrected chi connectivity index (χ4v) is 1.78. The SMILES string of the molecule is C=CC(=O)OCCC[N+](CC)(CC)CC.[Cl-]. The highest BCUT2D eigenvalue weighted by atomic mass is 35.5. The number of halogens is 1. The van der Waals surface area contributed by atoms with E-state index in [9.17, 15) is 4.79 Å². The topological polar surface area (TPSA) is 26.3 Å². The Balaban J connectivity index is 0. The Kier molecular flexibility index (Phi) is 10.8. The lowest BCUT2D eigenvalue weighted by Crippen LogP contribution is -3.00. The van der Waals surface area contributed by atoms with Crippen molar-refractivity contribution in [3.05, 3.63) is 12.7 Å². The minimum atomic E-state index is -0.322. The van der Waals surface area contributed by atoms with Crippen LogP contribution in [0.4, 0.5) is 0 Å². The summed E-state index contributed by atoms with van der Waals surface area (Å²) in [5.41, 5.74) is 0. The second-order valence-corrected chi connectivity index (χ2v) is 3.74. The first-order valence-corrected chi connectivity index (χ1v) is 5.78. The largest absolute Gasteiger partial charge is 1.00 e. The monoisotopic (exact) mass is 249 g/mol. The molecule has 0 spiro atoms. The number of carbonyl (C=O) groups excluding carboxylic acids is 1. The van der Waals surface area contributed by atoms with Gasteiger partial charge in [-0.05, 0) is 20.8 Å². The van der Waals surface area contributed by atoms with E-state index in [-0.39, 0.29) is 18.4 Å². The summed E-state index contributed by atoms with van der Waals surface area (Å²) in [7, 11) is 0. The summed E-state index contributed by atoms with van der Waals surface area (Å²) in [5.74, 6) is -0.322. The minimum Gasteiger partial charge on any atom is -1.00 e. The summed E-state index contributed by atoms with van der Waals surface area (Å²) in [6.07, 6.45) is 2.14. The van der Waals surface area contributed by atoms with Gasteiger partial charge in [0.1, 0.15) is 0 Å². The molecule has 0 atom stereocenters. The molecule has 0 aromatic carbocycles. The van der Waals surface area contributed by atoms with Gasteiger partial charge >= 0.3 is 5.97 Å². The summed E-state index contributed by atoms with van der Waals surface area (Å²) < 4.78 is 6.06. The lowest BCUT2D eigenvalue weighted by atomic mass is 10.3. The van der Waals surface area contributed by atoms with Crippen LogP contribution in [0.5, 0.6) is 0 Å². The van der Waals surface area contributed by atoms with Gasteiger partial charge < -0.3 is 21.6 Å². The predicted molar refractivity (Wildman–Crippen MR) is 62.5 cm³/mol. The van der Waals surface area contributed by atoms with Crippen molar-refractivity contribution in [1.29, 1.82) is 0 Å². The Bertz CT molecular complexity index is 195. The van der Waals surface area contributed by atoms with Crippen molar-refractivity contribution in [3.63, 3.8) is 0 Å². The Labute approximate surface area is 105 Å². The molecule has 4 heteroatoms. The zero-order chi connectivity index (χ0) is 11.7. The van der Waals surface area contributed by atoms with E-state index in [0.717, 1.165) is 37.1 Å². The molecule has 0 unspecified atom stereocenters. The molecule has 16 heavy (non-hydrogen) atoms. The fourth-order valence-electron chi connectivity index (χ4n) is 1.78. The van der Waals surface area contributed by atoms with Crippen molar-refractivity contribution >= 4 is 5.97 Å². The molecule has 0 heterocycles. The van der Waals surface area contributed by atoms with Crippen LogP contribution in [0.3, 0.4) is 0 Å².